The summed E-state index contributed by atoms with van der Waals surface area (Å²) in [5.74, 6) is -0.122. The van der Waals surface area contributed by atoms with Gasteiger partial charge in [0.1, 0.15) is 10.6 Å². The highest BCUT2D eigenvalue weighted by Crippen LogP contribution is 2.26. The molecule has 0 aliphatic heterocycles. The first-order chi connectivity index (χ1) is 11.9. The smallest absolute Gasteiger partial charge is 0.251 e. The summed E-state index contributed by atoms with van der Waals surface area (Å²) >= 11 is 0. The van der Waals surface area contributed by atoms with E-state index in [1.165, 1.54) is 33.3 Å². The molecule has 1 N–H and O–H groups in total. The minimum absolute atomic E-state index is 0.0318. The van der Waals surface area contributed by atoms with Gasteiger partial charge >= 0.3 is 0 Å². The van der Waals surface area contributed by atoms with E-state index in [0.717, 1.165) is 9.87 Å². The Balaban J connectivity index is 2.15. The first-order valence-electron chi connectivity index (χ1n) is 7.79. The molecule has 0 heterocycles. The minimum Gasteiger partial charge on any atom is -0.495 e. The van der Waals surface area contributed by atoms with Crippen molar-refractivity contribution in [2.75, 3.05) is 27.7 Å². The van der Waals surface area contributed by atoms with E-state index in [9.17, 15) is 13.2 Å². The maximum atomic E-state index is 12.4. The molecule has 134 valence electrons. The zero-order valence-electron chi connectivity index (χ0n) is 14.5. The number of hydrogen-bond donors (Lipinski definition) is 1. The molecule has 0 atom stereocenters. The molecular formula is C18H22N2O4S. The molecule has 0 unspecified atom stereocenters. The number of carbonyl (C=O) groups excluding carboxylic acids is 1. The number of nitrogens with zero attached hydrogens (tertiary/aromatic N) is 1. The molecule has 0 fully saturated rings. The molecule has 1 amide bonds. The van der Waals surface area contributed by atoms with Crippen LogP contribution in [0.5, 0.6) is 5.75 Å². The molecule has 25 heavy (non-hydrogen) atoms. The molecule has 7 heteroatoms. The zero-order chi connectivity index (χ0) is 18.4. The van der Waals surface area contributed by atoms with Crippen molar-refractivity contribution < 1.29 is 17.9 Å². The van der Waals surface area contributed by atoms with Gasteiger partial charge in [0.2, 0.25) is 10.0 Å². The fourth-order valence-electron chi connectivity index (χ4n) is 2.28. The van der Waals surface area contributed by atoms with Gasteiger partial charge in [-0.15, -0.1) is 0 Å². The molecule has 0 aliphatic carbocycles. The molecular weight excluding hydrogens is 340 g/mol. The van der Waals surface area contributed by atoms with Crippen LogP contribution in [0.1, 0.15) is 15.9 Å². The third-order valence-electron chi connectivity index (χ3n) is 3.73. The molecule has 0 saturated heterocycles. The van der Waals surface area contributed by atoms with Gasteiger partial charge in [0.15, 0.2) is 0 Å². The van der Waals surface area contributed by atoms with Crippen LogP contribution in [-0.2, 0) is 16.4 Å². The quantitative estimate of drug-likeness (QED) is 0.816. The van der Waals surface area contributed by atoms with Gasteiger partial charge in [0.05, 0.1) is 7.11 Å². The Labute approximate surface area is 148 Å². The minimum atomic E-state index is -3.71. The van der Waals surface area contributed by atoms with E-state index in [1.54, 1.807) is 6.07 Å². The number of benzene rings is 2. The number of sulfonamides is 1. The van der Waals surface area contributed by atoms with Crippen LogP contribution >= 0.6 is 0 Å². The van der Waals surface area contributed by atoms with E-state index >= 15 is 0 Å². The fourth-order valence-corrected chi connectivity index (χ4v) is 3.36. The Morgan fingerprint density at radius 2 is 1.80 bits per heavy atom. The molecule has 0 saturated carbocycles. The van der Waals surface area contributed by atoms with Crippen molar-refractivity contribution >= 4 is 15.9 Å². The highest BCUT2D eigenvalue weighted by molar-refractivity contribution is 7.89. The summed E-state index contributed by atoms with van der Waals surface area (Å²) in [5, 5.41) is 2.80. The van der Waals surface area contributed by atoms with Crippen molar-refractivity contribution in [3.05, 3.63) is 59.7 Å². The van der Waals surface area contributed by atoms with Crippen LogP contribution in [0, 0.1) is 0 Å². The number of nitrogens with one attached hydrogen (secondary N) is 1. The first-order valence-corrected chi connectivity index (χ1v) is 9.23. The first kappa shape index (κ1) is 19.0. The Hall–Kier alpha value is -2.38. The molecule has 0 spiro atoms. The average molecular weight is 362 g/mol. The second kappa shape index (κ2) is 8.13. The SMILES string of the molecule is COc1ccc(C(=O)NCCc2ccccc2)cc1S(=O)(=O)N(C)C. The summed E-state index contributed by atoms with van der Waals surface area (Å²) < 4.78 is 31.0. The van der Waals surface area contributed by atoms with Crippen molar-refractivity contribution in [1.29, 1.82) is 0 Å². The molecule has 6 nitrogen and oxygen atoms in total. The van der Waals surface area contributed by atoms with Crippen LogP contribution in [0.2, 0.25) is 0 Å². The van der Waals surface area contributed by atoms with Crippen LogP contribution in [-0.4, -0.2) is 46.4 Å². The Morgan fingerprint density at radius 1 is 1.12 bits per heavy atom. The predicted molar refractivity (Wildman–Crippen MR) is 96.3 cm³/mol. The number of rotatable bonds is 7. The topological polar surface area (TPSA) is 75.7 Å². The summed E-state index contributed by atoms with van der Waals surface area (Å²) in [5.41, 5.74) is 1.39. The second-order valence-corrected chi connectivity index (χ2v) is 7.76. The molecule has 2 aromatic carbocycles. The van der Waals surface area contributed by atoms with Crippen molar-refractivity contribution in [2.24, 2.45) is 0 Å². The molecule has 0 aliphatic rings. The standard InChI is InChI=1S/C18H22N2O4S/c1-20(2)25(22,23)17-13-15(9-10-16(17)24-3)18(21)19-12-11-14-7-5-4-6-8-14/h4-10,13H,11-12H2,1-3H3,(H,19,21). The van der Waals surface area contributed by atoms with Gasteiger partial charge in [-0.2, -0.15) is 0 Å². The van der Waals surface area contributed by atoms with Gasteiger partial charge in [-0.1, -0.05) is 30.3 Å². The van der Waals surface area contributed by atoms with Crippen molar-refractivity contribution in [1.82, 2.24) is 9.62 Å². The zero-order valence-corrected chi connectivity index (χ0v) is 15.3. The summed E-state index contributed by atoms with van der Waals surface area (Å²) in [6.07, 6.45) is 0.700. The normalized spacial score (nSPS) is 11.4. The van der Waals surface area contributed by atoms with E-state index in [1.807, 2.05) is 30.3 Å². The monoisotopic (exact) mass is 362 g/mol. The van der Waals surface area contributed by atoms with Gasteiger partial charge in [-0.25, -0.2) is 12.7 Å². The highest BCUT2D eigenvalue weighted by Gasteiger charge is 2.23. The van der Waals surface area contributed by atoms with Crippen LogP contribution in [0.4, 0.5) is 0 Å². The predicted octanol–water partition coefficient (Wildman–Crippen LogP) is 1.92. The molecule has 0 bridgehead atoms. The molecule has 2 rings (SSSR count). The van der Waals surface area contributed by atoms with E-state index in [0.29, 0.717) is 13.0 Å². The number of hydrogen-bond acceptors (Lipinski definition) is 4. The van der Waals surface area contributed by atoms with Gasteiger partial charge in [0, 0.05) is 26.2 Å². The maximum absolute atomic E-state index is 12.4. The van der Waals surface area contributed by atoms with Crippen LogP contribution in [0.15, 0.2) is 53.4 Å². The number of amides is 1. The Morgan fingerprint density at radius 3 is 2.40 bits per heavy atom. The largest absolute Gasteiger partial charge is 0.495 e. The lowest BCUT2D eigenvalue weighted by atomic mass is 10.1. The molecule has 0 radical (unpaired) electrons. The molecule has 0 aromatic heterocycles. The van der Waals surface area contributed by atoms with Gasteiger partial charge in [0.25, 0.3) is 5.91 Å². The Bertz CT molecular complexity index is 833. The molecule has 2 aromatic rings. The fraction of sp³-hybridized carbons (Fsp3) is 0.278. The van der Waals surface area contributed by atoms with Crippen LogP contribution < -0.4 is 10.1 Å². The number of methoxy groups -OCH3 is 1. The van der Waals surface area contributed by atoms with Crippen molar-refractivity contribution in [3.63, 3.8) is 0 Å². The van der Waals surface area contributed by atoms with Gasteiger partial charge in [-0.05, 0) is 30.2 Å². The van der Waals surface area contributed by atoms with E-state index < -0.39 is 10.0 Å². The van der Waals surface area contributed by atoms with Crippen LogP contribution in [0.3, 0.4) is 0 Å². The lowest BCUT2D eigenvalue weighted by Gasteiger charge is -2.15. The van der Waals surface area contributed by atoms with Crippen LogP contribution in [0.25, 0.3) is 0 Å². The van der Waals surface area contributed by atoms with Gasteiger partial charge < -0.3 is 10.1 Å². The van der Waals surface area contributed by atoms with E-state index in [2.05, 4.69) is 5.32 Å². The summed E-state index contributed by atoms with van der Waals surface area (Å²) in [4.78, 5) is 12.3. The van der Waals surface area contributed by atoms with E-state index in [-0.39, 0.29) is 22.1 Å². The summed E-state index contributed by atoms with van der Waals surface area (Å²) in [7, 11) is 0.545. The lowest BCUT2D eigenvalue weighted by molar-refractivity contribution is 0.0954. The summed E-state index contributed by atoms with van der Waals surface area (Å²) in [6, 6.07) is 14.2. The maximum Gasteiger partial charge on any atom is 0.251 e. The summed E-state index contributed by atoms with van der Waals surface area (Å²) in [6.45, 7) is 0.463. The third kappa shape index (κ3) is 4.58. The Kier molecular flexibility index (Phi) is 6.17. The van der Waals surface area contributed by atoms with Crippen molar-refractivity contribution in [3.8, 4) is 5.75 Å². The van der Waals surface area contributed by atoms with Crippen molar-refractivity contribution in [2.45, 2.75) is 11.3 Å². The highest BCUT2D eigenvalue weighted by atomic mass is 32.2. The lowest BCUT2D eigenvalue weighted by Crippen LogP contribution is -2.27. The second-order valence-electron chi connectivity index (χ2n) is 5.64. The van der Waals surface area contributed by atoms with Gasteiger partial charge in [-0.3, -0.25) is 4.79 Å². The average Bonchev–Trinajstić information content (AvgIpc) is 2.61. The third-order valence-corrected chi connectivity index (χ3v) is 5.56. The number of carbonyl (C=O) groups is 1. The van der Waals surface area contributed by atoms with E-state index in [4.69, 9.17) is 4.74 Å². The number of ether oxygens (including phenoxy) is 1.